The van der Waals surface area contributed by atoms with Crippen molar-refractivity contribution in [1.82, 2.24) is 5.16 Å². The van der Waals surface area contributed by atoms with Crippen molar-refractivity contribution in [3.63, 3.8) is 0 Å². The van der Waals surface area contributed by atoms with Crippen LogP contribution in [-0.2, 0) is 9.59 Å². The van der Waals surface area contributed by atoms with Crippen LogP contribution in [0.5, 0.6) is 0 Å². The average Bonchev–Trinajstić information content (AvgIpc) is 2.88. The van der Waals surface area contributed by atoms with Crippen LogP contribution in [-0.4, -0.2) is 22.1 Å². The van der Waals surface area contributed by atoms with Crippen molar-refractivity contribution in [2.24, 2.45) is 5.41 Å². The molecular formula is C9H10N2O4. The third-order valence-corrected chi connectivity index (χ3v) is 2.46. The number of aryl methyl sites for hydroxylation is 1. The lowest BCUT2D eigenvalue weighted by Gasteiger charge is -2.07. The molecule has 6 heteroatoms. The van der Waals surface area contributed by atoms with Gasteiger partial charge in [0.15, 0.2) is 5.82 Å². The highest BCUT2D eigenvalue weighted by Gasteiger charge is 2.57. The highest BCUT2D eigenvalue weighted by molar-refractivity contribution is 6.10. The number of hydrogen-bond donors (Lipinski definition) is 2. The third kappa shape index (κ3) is 1.58. The maximum absolute atomic E-state index is 11.6. The van der Waals surface area contributed by atoms with E-state index in [2.05, 4.69) is 10.5 Å². The van der Waals surface area contributed by atoms with Crippen LogP contribution in [0.4, 0.5) is 5.82 Å². The smallest absolute Gasteiger partial charge is 0.319 e. The minimum absolute atomic E-state index is 0.255. The van der Waals surface area contributed by atoms with Crippen molar-refractivity contribution in [3.05, 3.63) is 11.8 Å². The highest BCUT2D eigenvalue weighted by atomic mass is 16.5. The quantitative estimate of drug-likeness (QED) is 0.719. The van der Waals surface area contributed by atoms with Gasteiger partial charge in [-0.3, -0.25) is 9.59 Å². The van der Waals surface area contributed by atoms with E-state index in [4.69, 9.17) is 9.63 Å². The molecule has 1 heterocycles. The van der Waals surface area contributed by atoms with Crippen LogP contribution in [0, 0.1) is 12.3 Å². The van der Waals surface area contributed by atoms with Gasteiger partial charge < -0.3 is 14.9 Å². The van der Waals surface area contributed by atoms with E-state index in [1.807, 2.05) is 0 Å². The first kappa shape index (κ1) is 9.70. The SMILES string of the molecule is Cc1cc(NC(=O)C2(C(=O)O)CC2)no1. The van der Waals surface area contributed by atoms with Crippen LogP contribution in [0.3, 0.4) is 0 Å². The van der Waals surface area contributed by atoms with Crippen molar-refractivity contribution >= 4 is 17.7 Å². The van der Waals surface area contributed by atoms with Gasteiger partial charge in [0, 0.05) is 6.07 Å². The fourth-order valence-electron chi connectivity index (χ4n) is 1.32. The second-order valence-electron chi connectivity index (χ2n) is 3.66. The number of aliphatic carboxylic acids is 1. The Morgan fingerprint density at radius 2 is 2.27 bits per heavy atom. The normalized spacial score (nSPS) is 17.1. The summed E-state index contributed by atoms with van der Waals surface area (Å²) in [5.41, 5.74) is -1.24. The third-order valence-electron chi connectivity index (χ3n) is 2.46. The molecule has 2 N–H and O–H groups in total. The van der Waals surface area contributed by atoms with Crippen molar-refractivity contribution in [2.75, 3.05) is 5.32 Å². The second kappa shape index (κ2) is 3.08. The van der Waals surface area contributed by atoms with E-state index >= 15 is 0 Å². The van der Waals surface area contributed by atoms with E-state index in [1.54, 1.807) is 6.92 Å². The number of rotatable bonds is 3. The summed E-state index contributed by atoms with van der Waals surface area (Å²) in [4.78, 5) is 22.4. The van der Waals surface area contributed by atoms with Gasteiger partial charge in [-0.1, -0.05) is 5.16 Å². The van der Waals surface area contributed by atoms with Crippen molar-refractivity contribution in [2.45, 2.75) is 19.8 Å². The fraction of sp³-hybridized carbons (Fsp3) is 0.444. The standard InChI is InChI=1S/C9H10N2O4/c1-5-4-6(11-15-5)10-7(12)9(2-3-9)8(13)14/h4H,2-3H2,1H3,(H,13,14)(H,10,11,12). The van der Waals surface area contributed by atoms with Crippen LogP contribution >= 0.6 is 0 Å². The Bertz CT molecular complexity index is 420. The maximum Gasteiger partial charge on any atom is 0.319 e. The zero-order chi connectivity index (χ0) is 11.1. The Morgan fingerprint density at radius 3 is 2.67 bits per heavy atom. The Kier molecular flexibility index (Phi) is 1.99. The van der Waals surface area contributed by atoms with Crippen LogP contribution in [0.25, 0.3) is 0 Å². The van der Waals surface area contributed by atoms with Crippen LogP contribution in [0.15, 0.2) is 10.6 Å². The Labute approximate surface area is 85.2 Å². The van der Waals surface area contributed by atoms with Gasteiger partial charge in [-0.15, -0.1) is 0 Å². The highest BCUT2D eigenvalue weighted by Crippen LogP contribution is 2.46. The molecular weight excluding hydrogens is 200 g/mol. The summed E-state index contributed by atoms with van der Waals surface area (Å²) in [6.45, 7) is 1.69. The molecule has 1 fully saturated rings. The maximum atomic E-state index is 11.6. The monoisotopic (exact) mass is 210 g/mol. The number of nitrogens with one attached hydrogen (secondary N) is 1. The van der Waals surface area contributed by atoms with E-state index in [0.717, 1.165) is 0 Å². The topological polar surface area (TPSA) is 92.4 Å². The molecule has 1 aliphatic carbocycles. The summed E-state index contributed by atoms with van der Waals surface area (Å²) in [5.74, 6) is -0.793. The molecule has 1 aromatic rings. The summed E-state index contributed by atoms with van der Waals surface area (Å²) in [5, 5.41) is 14.8. The predicted molar refractivity (Wildman–Crippen MR) is 49.2 cm³/mol. The predicted octanol–water partition coefficient (Wildman–Crippen LogP) is 0.786. The summed E-state index contributed by atoms with van der Waals surface area (Å²) < 4.78 is 4.75. The second-order valence-corrected chi connectivity index (χ2v) is 3.66. The molecule has 15 heavy (non-hydrogen) atoms. The van der Waals surface area contributed by atoms with E-state index in [9.17, 15) is 9.59 Å². The Balaban J connectivity index is 2.08. The molecule has 1 saturated carbocycles. The van der Waals surface area contributed by atoms with Gasteiger partial charge in [0.1, 0.15) is 11.2 Å². The largest absolute Gasteiger partial charge is 0.480 e. The molecule has 0 unspecified atom stereocenters. The molecule has 1 aromatic heterocycles. The lowest BCUT2D eigenvalue weighted by Crippen LogP contribution is -2.31. The molecule has 0 saturated heterocycles. The number of anilines is 1. The molecule has 0 atom stereocenters. The summed E-state index contributed by atoms with van der Waals surface area (Å²) in [6, 6.07) is 1.54. The van der Waals surface area contributed by atoms with E-state index in [0.29, 0.717) is 18.6 Å². The number of carbonyl (C=O) groups is 2. The number of carboxylic acids is 1. The molecule has 80 valence electrons. The Hall–Kier alpha value is -1.85. The van der Waals surface area contributed by atoms with Gasteiger partial charge >= 0.3 is 5.97 Å². The lowest BCUT2D eigenvalue weighted by atomic mass is 10.1. The molecule has 6 nitrogen and oxygen atoms in total. The number of amides is 1. The van der Waals surface area contributed by atoms with Crippen molar-refractivity contribution in [3.8, 4) is 0 Å². The van der Waals surface area contributed by atoms with Crippen molar-refractivity contribution < 1.29 is 19.2 Å². The van der Waals surface area contributed by atoms with Gasteiger partial charge in [0.05, 0.1) is 0 Å². The number of carbonyl (C=O) groups excluding carboxylic acids is 1. The molecule has 1 aliphatic rings. The van der Waals surface area contributed by atoms with Gasteiger partial charge in [-0.05, 0) is 19.8 Å². The number of nitrogens with zero attached hydrogens (tertiary/aromatic N) is 1. The first-order chi connectivity index (χ1) is 7.04. The molecule has 0 radical (unpaired) electrons. The minimum Gasteiger partial charge on any atom is -0.480 e. The molecule has 2 rings (SSSR count). The average molecular weight is 210 g/mol. The molecule has 0 bridgehead atoms. The van der Waals surface area contributed by atoms with Gasteiger partial charge in [0.2, 0.25) is 5.91 Å². The minimum atomic E-state index is -1.24. The fourth-order valence-corrected chi connectivity index (χ4v) is 1.32. The van der Waals surface area contributed by atoms with E-state index < -0.39 is 17.3 Å². The molecule has 1 amide bonds. The number of hydrogen-bond acceptors (Lipinski definition) is 4. The summed E-state index contributed by atoms with van der Waals surface area (Å²) in [6.07, 6.45) is 0.760. The zero-order valence-corrected chi connectivity index (χ0v) is 8.11. The zero-order valence-electron chi connectivity index (χ0n) is 8.11. The first-order valence-corrected chi connectivity index (χ1v) is 4.53. The van der Waals surface area contributed by atoms with Crippen molar-refractivity contribution in [1.29, 1.82) is 0 Å². The summed E-state index contributed by atoms with van der Waals surface area (Å²) >= 11 is 0. The van der Waals surface area contributed by atoms with Gasteiger partial charge in [-0.2, -0.15) is 0 Å². The van der Waals surface area contributed by atoms with Crippen LogP contribution in [0.2, 0.25) is 0 Å². The first-order valence-electron chi connectivity index (χ1n) is 4.53. The number of aromatic nitrogens is 1. The van der Waals surface area contributed by atoms with Gasteiger partial charge in [-0.25, -0.2) is 0 Å². The number of carboxylic acid groups (broad SMARTS) is 1. The molecule has 0 spiro atoms. The molecule has 0 aromatic carbocycles. The van der Waals surface area contributed by atoms with E-state index in [1.165, 1.54) is 6.07 Å². The Morgan fingerprint density at radius 1 is 1.60 bits per heavy atom. The van der Waals surface area contributed by atoms with E-state index in [-0.39, 0.29) is 5.82 Å². The van der Waals surface area contributed by atoms with Crippen LogP contribution < -0.4 is 5.32 Å². The van der Waals surface area contributed by atoms with Crippen LogP contribution in [0.1, 0.15) is 18.6 Å². The molecule has 0 aliphatic heterocycles. The lowest BCUT2D eigenvalue weighted by molar-refractivity contribution is -0.147. The summed E-state index contributed by atoms with van der Waals surface area (Å²) in [7, 11) is 0. The van der Waals surface area contributed by atoms with Gasteiger partial charge in [0.25, 0.3) is 0 Å².